The van der Waals surface area contributed by atoms with Crippen LogP contribution in [0.2, 0.25) is 0 Å². The number of fused-ring (bicyclic) bond motifs is 1. The van der Waals surface area contributed by atoms with Crippen LogP contribution in [0.1, 0.15) is 16.4 Å². The zero-order valence-electron chi connectivity index (χ0n) is 10.0. The van der Waals surface area contributed by atoms with Gasteiger partial charge in [0.2, 0.25) is 0 Å². The normalized spacial score (nSPS) is 17.6. The Hall–Kier alpha value is -0.930. The minimum Gasteiger partial charge on any atom is -0.497 e. The largest absolute Gasteiger partial charge is 0.497 e. The number of methoxy groups -OCH3 is 1. The third-order valence-corrected chi connectivity index (χ3v) is 5.08. The van der Waals surface area contributed by atoms with E-state index in [2.05, 4.69) is 52.3 Å². The Kier molecular flexibility index (Phi) is 3.35. The monoisotopic (exact) mass is 320 g/mol. The molecule has 1 aliphatic heterocycles. The molecule has 0 radical (unpaired) electrons. The molecule has 2 aromatic rings. The Morgan fingerprint density at radius 2 is 1.94 bits per heavy atom. The van der Waals surface area contributed by atoms with Gasteiger partial charge in [0.1, 0.15) is 5.75 Å². The molecule has 1 nitrogen and oxygen atoms in total. The molecule has 92 valence electrons. The van der Waals surface area contributed by atoms with Crippen LogP contribution in [0.5, 0.6) is 5.75 Å². The van der Waals surface area contributed by atoms with Gasteiger partial charge in [0.25, 0.3) is 0 Å². The quantitative estimate of drug-likeness (QED) is 0.782. The molecule has 0 amide bonds. The van der Waals surface area contributed by atoms with Gasteiger partial charge in [-0.05, 0) is 41.8 Å². The SMILES string of the molecule is COc1ccc2c(c1)SC(c1ccc(Br)cc1)C2. The van der Waals surface area contributed by atoms with Crippen molar-refractivity contribution in [3.05, 3.63) is 58.1 Å². The first-order valence-electron chi connectivity index (χ1n) is 5.85. The molecule has 0 aliphatic carbocycles. The third-order valence-electron chi connectivity index (χ3n) is 3.19. The number of hydrogen-bond donors (Lipinski definition) is 0. The second-order valence-electron chi connectivity index (χ2n) is 4.34. The van der Waals surface area contributed by atoms with E-state index >= 15 is 0 Å². The Balaban J connectivity index is 1.86. The van der Waals surface area contributed by atoms with E-state index < -0.39 is 0 Å². The second kappa shape index (κ2) is 4.98. The minimum absolute atomic E-state index is 0.528. The first-order chi connectivity index (χ1) is 8.76. The van der Waals surface area contributed by atoms with Crippen molar-refractivity contribution in [1.29, 1.82) is 0 Å². The molecular formula is C15H13BrOS. The molecule has 1 heterocycles. The van der Waals surface area contributed by atoms with Gasteiger partial charge < -0.3 is 4.74 Å². The second-order valence-corrected chi connectivity index (χ2v) is 6.50. The molecule has 0 fully saturated rings. The summed E-state index contributed by atoms with van der Waals surface area (Å²) in [6, 6.07) is 15.0. The highest BCUT2D eigenvalue weighted by molar-refractivity contribution is 9.10. The number of ether oxygens (including phenoxy) is 1. The van der Waals surface area contributed by atoms with Gasteiger partial charge in [-0.15, -0.1) is 11.8 Å². The van der Waals surface area contributed by atoms with Gasteiger partial charge >= 0.3 is 0 Å². The van der Waals surface area contributed by atoms with Crippen molar-refractivity contribution < 1.29 is 4.74 Å². The lowest BCUT2D eigenvalue weighted by molar-refractivity contribution is 0.413. The summed E-state index contributed by atoms with van der Waals surface area (Å²) >= 11 is 5.41. The molecule has 1 aliphatic rings. The van der Waals surface area contributed by atoms with Crippen molar-refractivity contribution in [3.63, 3.8) is 0 Å². The highest BCUT2D eigenvalue weighted by atomic mass is 79.9. The molecule has 0 spiro atoms. The Labute approximate surface area is 120 Å². The van der Waals surface area contributed by atoms with E-state index in [0.29, 0.717) is 5.25 Å². The number of rotatable bonds is 2. The van der Waals surface area contributed by atoms with E-state index in [0.717, 1.165) is 16.6 Å². The van der Waals surface area contributed by atoms with E-state index in [9.17, 15) is 0 Å². The molecule has 0 N–H and O–H groups in total. The Morgan fingerprint density at radius 1 is 1.17 bits per heavy atom. The summed E-state index contributed by atoms with van der Waals surface area (Å²) < 4.78 is 6.41. The zero-order chi connectivity index (χ0) is 12.5. The first-order valence-corrected chi connectivity index (χ1v) is 7.52. The van der Waals surface area contributed by atoms with Crippen LogP contribution in [-0.4, -0.2) is 7.11 Å². The summed E-state index contributed by atoms with van der Waals surface area (Å²) in [4.78, 5) is 1.35. The maximum atomic E-state index is 5.28. The summed E-state index contributed by atoms with van der Waals surface area (Å²) in [5, 5.41) is 0.528. The first kappa shape index (κ1) is 12.1. The molecule has 1 atom stereocenters. The topological polar surface area (TPSA) is 9.23 Å². The van der Waals surface area contributed by atoms with Crippen LogP contribution in [0.25, 0.3) is 0 Å². The number of hydrogen-bond acceptors (Lipinski definition) is 2. The van der Waals surface area contributed by atoms with Crippen molar-refractivity contribution in [2.75, 3.05) is 7.11 Å². The minimum atomic E-state index is 0.528. The number of thioether (sulfide) groups is 1. The molecular weight excluding hydrogens is 308 g/mol. The number of benzene rings is 2. The molecule has 1 unspecified atom stereocenters. The van der Waals surface area contributed by atoms with Crippen LogP contribution in [0, 0.1) is 0 Å². The smallest absolute Gasteiger partial charge is 0.119 e. The van der Waals surface area contributed by atoms with Crippen LogP contribution in [0.3, 0.4) is 0 Å². The van der Waals surface area contributed by atoms with E-state index in [-0.39, 0.29) is 0 Å². The van der Waals surface area contributed by atoms with Gasteiger partial charge in [0.15, 0.2) is 0 Å². The molecule has 0 saturated heterocycles. The van der Waals surface area contributed by atoms with Crippen LogP contribution in [0.4, 0.5) is 0 Å². The summed E-state index contributed by atoms with van der Waals surface area (Å²) in [5.41, 5.74) is 2.81. The van der Waals surface area contributed by atoms with Crippen molar-refractivity contribution in [2.24, 2.45) is 0 Å². The van der Waals surface area contributed by atoms with Crippen LogP contribution >= 0.6 is 27.7 Å². The lowest BCUT2D eigenvalue weighted by Crippen LogP contribution is -1.91. The van der Waals surface area contributed by atoms with Gasteiger partial charge in [-0.3, -0.25) is 0 Å². The van der Waals surface area contributed by atoms with Crippen molar-refractivity contribution >= 4 is 27.7 Å². The van der Waals surface area contributed by atoms with Crippen molar-refractivity contribution in [2.45, 2.75) is 16.6 Å². The standard InChI is InChI=1S/C15H13BrOS/c1-17-13-7-4-11-8-14(18-15(11)9-13)10-2-5-12(16)6-3-10/h2-7,9,14H,8H2,1H3. The average Bonchev–Trinajstić information content (AvgIpc) is 2.82. The summed E-state index contributed by atoms with van der Waals surface area (Å²) in [6.45, 7) is 0. The van der Waals surface area contributed by atoms with Gasteiger partial charge in [0.05, 0.1) is 7.11 Å². The predicted octanol–water partition coefficient (Wildman–Crippen LogP) is 4.85. The van der Waals surface area contributed by atoms with Gasteiger partial charge in [-0.1, -0.05) is 34.1 Å². The zero-order valence-corrected chi connectivity index (χ0v) is 12.4. The highest BCUT2D eigenvalue weighted by Crippen LogP contribution is 2.47. The van der Waals surface area contributed by atoms with Crippen LogP contribution in [0.15, 0.2) is 51.8 Å². The predicted molar refractivity (Wildman–Crippen MR) is 79.4 cm³/mol. The van der Waals surface area contributed by atoms with Gasteiger partial charge in [-0.25, -0.2) is 0 Å². The molecule has 2 aromatic carbocycles. The fourth-order valence-electron chi connectivity index (χ4n) is 2.20. The molecule has 3 rings (SSSR count). The van der Waals surface area contributed by atoms with E-state index in [4.69, 9.17) is 4.74 Å². The fraction of sp³-hybridized carbons (Fsp3) is 0.200. The van der Waals surface area contributed by atoms with Crippen LogP contribution in [-0.2, 0) is 6.42 Å². The molecule has 18 heavy (non-hydrogen) atoms. The summed E-state index contributed by atoms with van der Waals surface area (Å²) in [7, 11) is 1.72. The van der Waals surface area contributed by atoms with Crippen LogP contribution < -0.4 is 4.74 Å². The Morgan fingerprint density at radius 3 is 2.67 bits per heavy atom. The van der Waals surface area contributed by atoms with E-state index in [1.165, 1.54) is 16.0 Å². The van der Waals surface area contributed by atoms with Gasteiger partial charge in [0, 0.05) is 14.6 Å². The number of halogens is 1. The van der Waals surface area contributed by atoms with Crippen molar-refractivity contribution in [3.8, 4) is 5.75 Å². The van der Waals surface area contributed by atoms with E-state index in [1.54, 1.807) is 7.11 Å². The molecule has 0 aromatic heterocycles. The summed E-state index contributed by atoms with van der Waals surface area (Å²) in [6.07, 6.45) is 1.10. The fourth-order valence-corrected chi connectivity index (χ4v) is 3.81. The summed E-state index contributed by atoms with van der Waals surface area (Å²) in [5.74, 6) is 0.942. The lowest BCUT2D eigenvalue weighted by atomic mass is 10.0. The van der Waals surface area contributed by atoms with Gasteiger partial charge in [-0.2, -0.15) is 0 Å². The average molecular weight is 321 g/mol. The lowest BCUT2D eigenvalue weighted by Gasteiger charge is -2.08. The Bertz CT molecular complexity index is 565. The maximum absolute atomic E-state index is 5.28. The molecule has 3 heteroatoms. The van der Waals surface area contributed by atoms with Crippen molar-refractivity contribution in [1.82, 2.24) is 0 Å². The van der Waals surface area contributed by atoms with E-state index in [1.807, 2.05) is 17.8 Å². The third kappa shape index (κ3) is 2.29. The molecule has 0 bridgehead atoms. The maximum Gasteiger partial charge on any atom is 0.119 e. The highest BCUT2D eigenvalue weighted by Gasteiger charge is 2.23. The molecule has 0 saturated carbocycles.